The molecule has 0 atom stereocenters. The first-order valence-electron chi connectivity index (χ1n) is 9.24. The predicted molar refractivity (Wildman–Crippen MR) is 118 cm³/mol. The average molecular weight is 456 g/mol. The van der Waals surface area contributed by atoms with Crippen molar-refractivity contribution in [3.8, 4) is 0 Å². The van der Waals surface area contributed by atoms with Crippen molar-refractivity contribution in [2.24, 2.45) is 10.8 Å². The topological polar surface area (TPSA) is 56.9 Å². The summed E-state index contributed by atoms with van der Waals surface area (Å²) in [6.45, 7) is 3.42. The van der Waals surface area contributed by atoms with Crippen molar-refractivity contribution in [2.75, 3.05) is 31.1 Å². The zero-order valence-corrected chi connectivity index (χ0v) is 17.6. The van der Waals surface area contributed by atoms with Crippen molar-refractivity contribution in [1.82, 2.24) is 10.3 Å². The summed E-state index contributed by atoms with van der Waals surface area (Å²) in [5, 5.41) is 4.24. The fourth-order valence-electron chi connectivity index (χ4n) is 3.30. The molecule has 0 aromatic heterocycles. The third kappa shape index (κ3) is 5.84. The number of halogens is 4. The second-order valence-corrected chi connectivity index (χ2v) is 7.71. The number of hydrogen-bond acceptors (Lipinski definition) is 4. The molecule has 0 bridgehead atoms. The zero-order valence-electron chi connectivity index (χ0n) is 16.0. The molecule has 0 unspecified atom stereocenters. The van der Waals surface area contributed by atoms with E-state index in [1.54, 1.807) is 6.07 Å². The average Bonchev–Trinajstić information content (AvgIpc) is 2.69. The van der Waals surface area contributed by atoms with Crippen LogP contribution in [0.1, 0.15) is 16.7 Å². The van der Waals surface area contributed by atoms with E-state index in [2.05, 4.69) is 27.6 Å². The zero-order chi connectivity index (χ0) is 21.7. The van der Waals surface area contributed by atoms with Crippen molar-refractivity contribution >= 4 is 40.8 Å². The molecule has 2 aromatic carbocycles. The highest BCUT2D eigenvalue weighted by atomic mass is 35.5. The molecule has 1 aliphatic rings. The second-order valence-electron chi connectivity index (χ2n) is 6.86. The number of piperazine rings is 1. The molecule has 0 spiro atoms. The number of rotatable bonds is 5. The molecule has 0 aliphatic carbocycles. The van der Waals surface area contributed by atoms with Gasteiger partial charge in [0, 0.05) is 49.0 Å². The SMILES string of the molecule is NC(=S)N/N=C/c1ccc(N2CCN(Cc3ccccc3Cl)CC2)cc1C(F)(F)F. The van der Waals surface area contributed by atoms with Gasteiger partial charge in [-0.05, 0) is 36.0 Å². The minimum absolute atomic E-state index is 0.0626. The van der Waals surface area contributed by atoms with Gasteiger partial charge in [0.25, 0.3) is 0 Å². The van der Waals surface area contributed by atoms with Crippen LogP contribution >= 0.6 is 23.8 Å². The Labute approximate surface area is 183 Å². The van der Waals surface area contributed by atoms with E-state index in [9.17, 15) is 13.2 Å². The van der Waals surface area contributed by atoms with Gasteiger partial charge in [-0.25, -0.2) is 0 Å². The van der Waals surface area contributed by atoms with E-state index in [0.717, 1.165) is 36.0 Å². The molecule has 10 heteroatoms. The summed E-state index contributed by atoms with van der Waals surface area (Å²) in [6, 6.07) is 11.9. The Balaban J connectivity index is 1.70. The molecular formula is C20H21ClF3N5S. The first-order valence-corrected chi connectivity index (χ1v) is 10.0. The molecule has 1 heterocycles. The number of hydrazone groups is 1. The van der Waals surface area contributed by atoms with E-state index >= 15 is 0 Å². The normalized spacial score (nSPS) is 15.5. The number of thiocarbonyl (C=S) groups is 1. The maximum atomic E-state index is 13.6. The summed E-state index contributed by atoms with van der Waals surface area (Å²) < 4.78 is 40.7. The monoisotopic (exact) mass is 455 g/mol. The first-order chi connectivity index (χ1) is 14.2. The van der Waals surface area contributed by atoms with E-state index < -0.39 is 11.7 Å². The van der Waals surface area contributed by atoms with Crippen LogP contribution < -0.4 is 16.1 Å². The number of alkyl halides is 3. The van der Waals surface area contributed by atoms with Gasteiger partial charge in [-0.1, -0.05) is 35.9 Å². The standard InChI is InChI=1S/C20H21ClF3N5S/c21-18-4-2-1-3-15(18)13-28-7-9-29(10-8-28)16-6-5-14(12-26-27-19(25)30)17(11-16)20(22,23)24/h1-6,11-12H,7-10,13H2,(H3,25,27,30)/b26-12+. The fraction of sp³-hybridized carbons (Fsp3) is 0.300. The van der Waals surface area contributed by atoms with Crippen LogP contribution in [0.5, 0.6) is 0 Å². The maximum absolute atomic E-state index is 13.6. The predicted octanol–water partition coefficient (Wildman–Crippen LogP) is 3.85. The van der Waals surface area contributed by atoms with Gasteiger partial charge in [-0.15, -0.1) is 0 Å². The van der Waals surface area contributed by atoms with Crippen LogP contribution in [0.3, 0.4) is 0 Å². The van der Waals surface area contributed by atoms with Crippen molar-refractivity contribution < 1.29 is 13.2 Å². The summed E-state index contributed by atoms with van der Waals surface area (Å²) in [4.78, 5) is 4.19. The maximum Gasteiger partial charge on any atom is 0.417 e. The second kappa shape index (κ2) is 9.63. The van der Waals surface area contributed by atoms with E-state index in [1.807, 2.05) is 29.2 Å². The summed E-state index contributed by atoms with van der Waals surface area (Å²) in [5.74, 6) is 0. The Morgan fingerprint density at radius 1 is 1.17 bits per heavy atom. The molecule has 5 nitrogen and oxygen atoms in total. The molecule has 2 aromatic rings. The van der Waals surface area contributed by atoms with Gasteiger partial charge in [-0.2, -0.15) is 18.3 Å². The van der Waals surface area contributed by atoms with Gasteiger partial charge in [0.2, 0.25) is 0 Å². The Kier molecular flexibility index (Phi) is 7.17. The smallest absolute Gasteiger partial charge is 0.375 e. The van der Waals surface area contributed by atoms with E-state index in [4.69, 9.17) is 17.3 Å². The number of anilines is 1. The van der Waals surface area contributed by atoms with Crippen molar-refractivity contribution in [2.45, 2.75) is 12.7 Å². The Morgan fingerprint density at radius 2 is 1.87 bits per heavy atom. The summed E-state index contributed by atoms with van der Waals surface area (Å²) >= 11 is 10.8. The summed E-state index contributed by atoms with van der Waals surface area (Å²) in [6.07, 6.45) is -3.44. The Bertz CT molecular complexity index is 927. The molecule has 1 aliphatic heterocycles. The number of nitrogens with one attached hydrogen (secondary N) is 1. The summed E-state index contributed by atoms with van der Waals surface area (Å²) in [5.41, 5.74) is 8.25. The van der Waals surface area contributed by atoms with Crippen LogP contribution in [0, 0.1) is 0 Å². The van der Waals surface area contributed by atoms with Crippen LogP contribution in [-0.2, 0) is 12.7 Å². The molecular weight excluding hydrogens is 435 g/mol. The Morgan fingerprint density at radius 3 is 2.50 bits per heavy atom. The highest BCUT2D eigenvalue weighted by molar-refractivity contribution is 7.80. The molecule has 1 saturated heterocycles. The van der Waals surface area contributed by atoms with Gasteiger partial charge >= 0.3 is 6.18 Å². The largest absolute Gasteiger partial charge is 0.417 e. The van der Waals surface area contributed by atoms with Crippen LogP contribution in [0.2, 0.25) is 5.02 Å². The van der Waals surface area contributed by atoms with Crippen LogP contribution in [-0.4, -0.2) is 42.4 Å². The minimum atomic E-state index is -4.51. The third-order valence-corrected chi connectivity index (χ3v) is 5.27. The molecule has 1 fully saturated rings. The highest BCUT2D eigenvalue weighted by Crippen LogP contribution is 2.34. The van der Waals surface area contributed by atoms with Crippen LogP contribution in [0.15, 0.2) is 47.6 Å². The van der Waals surface area contributed by atoms with Gasteiger partial charge in [0.05, 0.1) is 11.8 Å². The number of hydrogen-bond donors (Lipinski definition) is 2. The van der Waals surface area contributed by atoms with Gasteiger partial charge < -0.3 is 10.6 Å². The van der Waals surface area contributed by atoms with Crippen molar-refractivity contribution in [3.05, 3.63) is 64.2 Å². The fourth-order valence-corrected chi connectivity index (χ4v) is 3.54. The molecule has 160 valence electrons. The van der Waals surface area contributed by atoms with E-state index in [0.29, 0.717) is 25.3 Å². The van der Waals surface area contributed by atoms with Crippen molar-refractivity contribution in [1.29, 1.82) is 0 Å². The number of nitrogens with two attached hydrogens (primary N) is 1. The van der Waals surface area contributed by atoms with Crippen LogP contribution in [0.4, 0.5) is 18.9 Å². The van der Waals surface area contributed by atoms with Crippen LogP contribution in [0.25, 0.3) is 0 Å². The van der Waals surface area contributed by atoms with Crippen molar-refractivity contribution in [3.63, 3.8) is 0 Å². The number of nitrogens with zero attached hydrogens (tertiary/aromatic N) is 3. The molecule has 0 saturated carbocycles. The minimum Gasteiger partial charge on any atom is -0.375 e. The van der Waals surface area contributed by atoms with Gasteiger partial charge in [0.1, 0.15) is 0 Å². The molecule has 30 heavy (non-hydrogen) atoms. The Hall–Kier alpha value is -2.36. The third-order valence-electron chi connectivity index (χ3n) is 4.81. The molecule has 3 N–H and O–H groups in total. The molecule has 0 amide bonds. The summed E-state index contributed by atoms with van der Waals surface area (Å²) in [7, 11) is 0. The molecule has 0 radical (unpaired) electrons. The first kappa shape index (κ1) is 22.3. The van der Waals surface area contributed by atoms with E-state index in [-0.39, 0.29) is 10.7 Å². The van der Waals surface area contributed by atoms with Gasteiger partial charge in [0.15, 0.2) is 5.11 Å². The lowest BCUT2D eigenvalue weighted by Gasteiger charge is -2.36. The van der Waals surface area contributed by atoms with E-state index in [1.165, 1.54) is 6.07 Å². The lowest BCUT2D eigenvalue weighted by atomic mass is 10.1. The quantitative estimate of drug-likeness (QED) is 0.407. The highest BCUT2D eigenvalue weighted by Gasteiger charge is 2.34. The lowest BCUT2D eigenvalue weighted by Crippen LogP contribution is -2.46. The van der Waals surface area contributed by atoms with Gasteiger partial charge in [-0.3, -0.25) is 10.3 Å². The molecule has 3 rings (SSSR count). The lowest BCUT2D eigenvalue weighted by molar-refractivity contribution is -0.137. The number of benzene rings is 2.